The van der Waals surface area contributed by atoms with Crippen molar-refractivity contribution in [2.45, 2.75) is 13.5 Å². The summed E-state index contributed by atoms with van der Waals surface area (Å²) in [6, 6.07) is 7.12. The molecule has 0 saturated carbocycles. The number of carbonyl (C=O) groups excluding carboxylic acids is 1. The van der Waals surface area contributed by atoms with E-state index >= 15 is 0 Å². The lowest BCUT2D eigenvalue weighted by Crippen LogP contribution is -2.22. The molecular weight excluding hydrogens is 254 g/mol. The van der Waals surface area contributed by atoms with Crippen LogP contribution in [0.2, 0.25) is 0 Å². The van der Waals surface area contributed by atoms with Crippen molar-refractivity contribution < 1.29 is 14.3 Å². The van der Waals surface area contributed by atoms with E-state index in [1.807, 2.05) is 13.0 Å². The van der Waals surface area contributed by atoms with Gasteiger partial charge in [-0.3, -0.25) is 4.79 Å². The Labute approximate surface area is 117 Å². The maximum absolute atomic E-state index is 12.0. The molecule has 0 saturated heterocycles. The van der Waals surface area contributed by atoms with Crippen LogP contribution in [-0.4, -0.2) is 17.6 Å². The van der Waals surface area contributed by atoms with Crippen LogP contribution in [0.4, 0.5) is 0 Å². The zero-order valence-electron chi connectivity index (χ0n) is 11.1. The molecule has 20 heavy (non-hydrogen) atoms. The molecule has 1 aromatic heterocycles. The largest absolute Gasteiger partial charge is 0.472 e. The van der Waals surface area contributed by atoms with Crippen molar-refractivity contribution in [2.75, 3.05) is 6.61 Å². The zero-order chi connectivity index (χ0) is 14.4. The third-order valence-corrected chi connectivity index (χ3v) is 2.84. The molecule has 0 bridgehead atoms. The minimum absolute atomic E-state index is 0.168. The molecule has 0 aliphatic heterocycles. The van der Waals surface area contributed by atoms with Gasteiger partial charge < -0.3 is 14.8 Å². The van der Waals surface area contributed by atoms with E-state index < -0.39 is 0 Å². The van der Waals surface area contributed by atoms with Crippen LogP contribution in [0.15, 0.2) is 41.2 Å². The van der Waals surface area contributed by atoms with E-state index in [1.54, 1.807) is 30.7 Å². The van der Waals surface area contributed by atoms with E-state index in [1.165, 1.54) is 0 Å². The average molecular weight is 269 g/mol. The molecule has 0 aliphatic carbocycles. The Kier molecular flexibility index (Phi) is 4.59. The van der Waals surface area contributed by atoms with E-state index in [4.69, 9.17) is 9.52 Å². The van der Waals surface area contributed by atoms with Crippen LogP contribution in [0.25, 0.3) is 0 Å². The van der Waals surface area contributed by atoms with E-state index in [0.29, 0.717) is 12.1 Å². The van der Waals surface area contributed by atoms with Crippen LogP contribution in [-0.2, 0) is 6.54 Å². The maximum atomic E-state index is 12.0. The number of hydrogen-bond donors (Lipinski definition) is 2. The predicted molar refractivity (Wildman–Crippen MR) is 75.0 cm³/mol. The number of aliphatic hydroxyl groups excluding tert-OH is 1. The number of amides is 1. The molecule has 0 spiro atoms. The molecule has 1 amide bonds. The van der Waals surface area contributed by atoms with E-state index in [9.17, 15) is 4.79 Å². The number of benzene rings is 1. The Hall–Kier alpha value is -2.51. The summed E-state index contributed by atoms with van der Waals surface area (Å²) in [5, 5.41) is 11.5. The molecular formula is C16H15NO3. The van der Waals surface area contributed by atoms with E-state index in [0.717, 1.165) is 16.7 Å². The fraction of sp³-hybridized carbons (Fsp3) is 0.188. The smallest absolute Gasteiger partial charge is 0.251 e. The van der Waals surface area contributed by atoms with Crippen LogP contribution in [0.5, 0.6) is 0 Å². The highest BCUT2D eigenvalue weighted by Gasteiger charge is 2.07. The van der Waals surface area contributed by atoms with E-state index in [-0.39, 0.29) is 12.5 Å². The van der Waals surface area contributed by atoms with Crippen molar-refractivity contribution in [3.63, 3.8) is 0 Å². The second-order valence-corrected chi connectivity index (χ2v) is 4.30. The number of furan rings is 1. The quantitative estimate of drug-likeness (QED) is 0.836. The first-order chi connectivity index (χ1) is 9.70. The Morgan fingerprint density at radius 2 is 2.25 bits per heavy atom. The van der Waals surface area contributed by atoms with Crippen LogP contribution in [0.3, 0.4) is 0 Å². The molecule has 102 valence electrons. The molecule has 1 aromatic carbocycles. The summed E-state index contributed by atoms with van der Waals surface area (Å²) < 4.78 is 4.94. The Morgan fingerprint density at radius 1 is 1.40 bits per heavy atom. The lowest BCUT2D eigenvalue weighted by atomic mass is 10.0. The minimum atomic E-state index is -0.198. The monoisotopic (exact) mass is 269 g/mol. The lowest BCUT2D eigenvalue weighted by Gasteiger charge is -2.05. The summed E-state index contributed by atoms with van der Waals surface area (Å²) in [6.07, 6.45) is 3.16. The zero-order valence-corrected chi connectivity index (χ0v) is 11.1. The van der Waals surface area contributed by atoms with Crippen molar-refractivity contribution in [1.82, 2.24) is 5.32 Å². The summed E-state index contributed by atoms with van der Waals surface area (Å²) >= 11 is 0. The van der Waals surface area contributed by atoms with Crippen molar-refractivity contribution in [3.8, 4) is 11.8 Å². The van der Waals surface area contributed by atoms with Crippen molar-refractivity contribution in [2.24, 2.45) is 0 Å². The normalized spacial score (nSPS) is 9.70. The Morgan fingerprint density at radius 3 is 2.95 bits per heavy atom. The third kappa shape index (κ3) is 3.50. The van der Waals surface area contributed by atoms with Gasteiger partial charge in [-0.25, -0.2) is 0 Å². The summed E-state index contributed by atoms with van der Waals surface area (Å²) in [6.45, 7) is 2.13. The van der Waals surface area contributed by atoms with Crippen LogP contribution < -0.4 is 5.32 Å². The average Bonchev–Trinajstić information content (AvgIpc) is 2.97. The van der Waals surface area contributed by atoms with Crippen molar-refractivity contribution in [1.29, 1.82) is 0 Å². The van der Waals surface area contributed by atoms with Gasteiger partial charge in [0.15, 0.2) is 0 Å². The first-order valence-corrected chi connectivity index (χ1v) is 6.20. The number of nitrogens with one attached hydrogen (secondary N) is 1. The van der Waals surface area contributed by atoms with Crippen LogP contribution in [0.1, 0.15) is 27.0 Å². The first-order valence-electron chi connectivity index (χ1n) is 6.20. The summed E-state index contributed by atoms with van der Waals surface area (Å²) in [7, 11) is 0. The van der Waals surface area contributed by atoms with Gasteiger partial charge in [-0.15, -0.1) is 0 Å². The van der Waals surface area contributed by atoms with Gasteiger partial charge in [0.1, 0.15) is 6.61 Å². The van der Waals surface area contributed by atoms with Crippen molar-refractivity contribution in [3.05, 3.63) is 59.0 Å². The fourth-order valence-electron chi connectivity index (χ4n) is 1.71. The first kappa shape index (κ1) is 13.9. The molecule has 0 radical (unpaired) electrons. The second kappa shape index (κ2) is 6.60. The maximum Gasteiger partial charge on any atom is 0.251 e. The van der Waals surface area contributed by atoms with Gasteiger partial charge in [-0.1, -0.05) is 17.9 Å². The second-order valence-electron chi connectivity index (χ2n) is 4.30. The van der Waals surface area contributed by atoms with Crippen LogP contribution in [0, 0.1) is 18.8 Å². The molecule has 2 aromatic rings. The molecule has 4 nitrogen and oxygen atoms in total. The highest BCUT2D eigenvalue weighted by molar-refractivity contribution is 5.94. The highest BCUT2D eigenvalue weighted by atomic mass is 16.3. The minimum Gasteiger partial charge on any atom is -0.472 e. The number of aryl methyl sites for hydroxylation is 1. The molecule has 0 unspecified atom stereocenters. The Bertz CT molecular complexity index is 648. The van der Waals surface area contributed by atoms with Gasteiger partial charge in [0.05, 0.1) is 12.5 Å². The number of hydrogen-bond acceptors (Lipinski definition) is 3. The van der Waals surface area contributed by atoms with Gasteiger partial charge in [0, 0.05) is 23.2 Å². The standard InChI is InChI=1S/C16H15NO3/c1-12-4-5-15(9-14(12)3-2-7-18)16(19)17-10-13-6-8-20-11-13/h4-6,8-9,11,18H,7,10H2,1H3,(H,17,19). The summed E-state index contributed by atoms with van der Waals surface area (Å²) in [4.78, 5) is 12.0. The topological polar surface area (TPSA) is 62.5 Å². The fourth-order valence-corrected chi connectivity index (χ4v) is 1.71. The lowest BCUT2D eigenvalue weighted by molar-refractivity contribution is 0.0951. The van der Waals surface area contributed by atoms with Gasteiger partial charge in [0.2, 0.25) is 0 Å². The van der Waals surface area contributed by atoms with Gasteiger partial charge >= 0.3 is 0 Å². The predicted octanol–water partition coefficient (Wildman–Crippen LogP) is 1.86. The highest BCUT2D eigenvalue weighted by Crippen LogP contribution is 2.10. The van der Waals surface area contributed by atoms with Gasteiger partial charge in [-0.05, 0) is 30.7 Å². The SMILES string of the molecule is Cc1ccc(C(=O)NCc2ccoc2)cc1C#CCO. The van der Waals surface area contributed by atoms with E-state index in [2.05, 4.69) is 17.2 Å². The third-order valence-electron chi connectivity index (χ3n) is 2.84. The molecule has 2 rings (SSSR count). The van der Waals surface area contributed by atoms with Gasteiger partial charge in [-0.2, -0.15) is 0 Å². The number of aliphatic hydroxyl groups is 1. The molecule has 2 N–H and O–H groups in total. The molecule has 1 heterocycles. The van der Waals surface area contributed by atoms with Crippen LogP contribution >= 0.6 is 0 Å². The molecule has 0 aliphatic rings. The molecule has 4 heteroatoms. The molecule has 0 atom stereocenters. The number of rotatable bonds is 3. The number of carbonyl (C=O) groups is 1. The van der Waals surface area contributed by atoms with Gasteiger partial charge in [0.25, 0.3) is 5.91 Å². The Balaban J connectivity index is 2.09. The molecule has 0 fully saturated rings. The summed E-state index contributed by atoms with van der Waals surface area (Å²) in [5.41, 5.74) is 3.17. The summed E-state index contributed by atoms with van der Waals surface area (Å²) in [5.74, 6) is 5.25. The van der Waals surface area contributed by atoms with Crippen molar-refractivity contribution >= 4 is 5.91 Å².